The maximum Gasteiger partial charge on any atom is 0.275 e. The van der Waals surface area contributed by atoms with Crippen molar-refractivity contribution >= 4 is 28.1 Å². The number of nitrogens with zero attached hydrogens (tertiary/aromatic N) is 4. The fraction of sp³-hybridized carbons (Fsp3) is 0.154. The molecule has 3 heterocycles. The largest absolute Gasteiger partial charge is 0.299 e. The molecule has 1 aromatic carbocycles. The van der Waals surface area contributed by atoms with E-state index in [0.29, 0.717) is 0 Å². The van der Waals surface area contributed by atoms with Gasteiger partial charge in [0.25, 0.3) is 5.84 Å². The fourth-order valence-corrected chi connectivity index (χ4v) is 2.82. The lowest BCUT2D eigenvalue weighted by Crippen LogP contribution is -2.27. The maximum atomic E-state index is 4.42. The van der Waals surface area contributed by atoms with Crippen molar-refractivity contribution in [2.75, 3.05) is 0 Å². The number of rotatable bonds is 0. The third-order valence-electron chi connectivity index (χ3n) is 3.45. The van der Waals surface area contributed by atoms with Crippen molar-refractivity contribution in [3.05, 3.63) is 46.0 Å². The SMILES string of the molecule is Cc1ncn2c1C[N+]1=C(N=C1)c1cc(Br)ccc1-2. The van der Waals surface area contributed by atoms with E-state index in [1.165, 1.54) is 5.69 Å². The van der Waals surface area contributed by atoms with Crippen LogP contribution in [0.25, 0.3) is 5.69 Å². The molecule has 0 saturated carbocycles. The van der Waals surface area contributed by atoms with Crippen molar-refractivity contribution in [2.24, 2.45) is 4.99 Å². The van der Waals surface area contributed by atoms with Gasteiger partial charge in [-0.15, -0.1) is 0 Å². The molecule has 0 amide bonds. The first-order valence-electron chi connectivity index (χ1n) is 5.75. The van der Waals surface area contributed by atoms with Crippen molar-refractivity contribution in [2.45, 2.75) is 13.5 Å². The molecular formula is C13H10BrN4+. The minimum Gasteiger partial charge on any atom is -0.299 e. The second-order valence-corrected chi connectivity index (χ2v) is 5.42. The molecule has 2 aromatic rings. The molecule has 4 nitrogen and oxygen atoms in total. The van der Waals surface area contributed by atoms with E-state index >= 15 is 0 Å². The summed E-state index contributed by atoms with van der Waals surface area (Å²) in [6, 6.07) is 6.27. The zero-order chi connectivity index (χ0) is 12.3. The Balaban J connectivity index is 2.08. The Morgan fingerprint density at radius 1 is 1.39 bits per heavy atom. The smallest absolute Gasteiger partial charge is 0.275 e. The third kappa shape index (κ3) is 1.22. The van der Waals surface area contributed by atoms with Gasteiger partial charge in [0.2, 0.25) is 6.34 Å². The maximum absolute atomic E-state index is 4.42. The van der Waals surface area contributed by atoms with Crippen LogP contribution in [0.1, 0.15) is 17.0 Å². The highest BCUT2D eigenvalue weighted by Crippen LogP contribution is 2.28. The van der Waals surface area contributed by atoms with Crippen LogP contribution in [0.5, 0.6) is 0 Å². The van der Waals surface area contributed by atoms with Gasteiger partial charge in [-0.1, -0.05) is 20.9 Å². The van der Waals surface area contributed by atoms with E-state index in [1.807, 2.05) is 19.6 Å². The summed E-state index contributed by atoms with van der Waals surface area (Å²) in [6.45, 7) is 2.88. The Bertz CT molecular complexity index is 739. The van der Waals surface area contributed by atoms with E-state index in [1.54, 1.807) is 0 Å². The van der Waals surface area contributed by atoms with Crippen molar-refractivity contribution in [3.63, 3.8) is 0 Å². The number of hydrogen-bond donors (Lipinski definition) is 0. The Kier molecular flexibility index (Phi) is 1.92. The first kappa shape index (κ1) is 10.2. The lowest BCUT2D eigenvalue weighted by molar-refractivity contribution is -0.428. The van der Waals surface area contributed by atoms with Gasteiger partial charge in [0, 0.05) is 4.47 Å². The third-order valence-corrected chi connectivity index (χ3v) is 3.94. The number of benzene rings is 1. The Hall–Kier alpha value is -1.75. The molecule has 0 saturated heterocycles. The summed E-state index contributed by atoms with van der Waals surface area (Å²) in [7, 11) is 0. The number of aromatic nitrogens is 2. The number of imidazole rings is 1. The number of amidine groups is 1. The molecule has 88 valence electrons. The van der Waals surface area contributed by atoms with Crippen LogP contribution in [0.15, 0.2) is 34.0 Å². The van der Waals surface area contributed by atoms with Gasteiger partial charge in [-0.3, -0.25) is 4.57 Å². The molecule has 0 spiro atoms. The van der Waals surface area contributed by atoms with Crippen LogP contribution in [0, 0.1) is 6.92 Å². The average molecular weight is 302 g/mol. The van der Waals surface area contributed by atoms with Crippen LogP contribution in [0.4, 0.5) is 0 Å². The predicted molar refractivity (Wildman–Crippen MR) is 72.6 cm³/mol. The minimum absolute atomic E-state index is 0.830. The Morgan fingerprint density at radius 2 is 2.28 bits per heavy atom. The molecule has 0 radical (unpaired) electrons. The number of hydrogen-bond acceptors (Lipinski definition) is 2. The summed E-state index contributed by atoms with van der Waals surface area (Å²) in [4.78, 5) is 8.80. The molecule has 18 heavy (non-hydrogen) atoms. The molecule has 0 unspecified atom stereocenters. The van der Waals surface area contributed by atoms with Crippen LogP contribution < -0.4 is 0 Å². The second kappa shape index (κ2) is 3.38. The van der Waals surface area contributed by atoms with E-state index in [0.717, 1.165) is 33.8 Å². The van der Waals surface area contributed by atoms with E-state index in [-0.39, 0.29) is 0 Å². The number of halogens is 1. The number of aliphatic imine (C=N–C) groups is 1. The summed E-state index contributed by atoms with van der Waals surface area (Å²) < 4.78 is 5.39. The summed E-state index contributed by atoms with van der Waals surface area (Å²) in [5, 5.41) is 0. The standard InChI is InChI=1S/C13H10BrN4/c1-8-12-5-17-6-16-13(17)10-4-9(14)2-3-11(10)18(12)7-15-8/h2-4,6-7H,5H2,1H3/q+1. The van der Waals surface area contributed by atoms with Gasteiger partial charge in [0.05, 0.1) is 29.0 Å². The monoisotopic (exact) mass is 301 g/mol. The molecule has 4 rings (SSSR count). The van der Waals surface area contributed by atoms with E-state index in [2.05, 4.69) is 53.2 Å². The lowest BCUT2D eigenvalue weighted by Gasteiger charge is -2.09. The summed E-state index contributed by atoms with van der Waals surface area (Å²) >= 11 is 3.52. The zero-order valence-corrected chi connectivity index (χ0v) is 11.3. The number of fused-ring (bicyclic) bond motifs is 4. The van der Waals surface area contributed by atoms with Crippen LogP contribution in [-0.2, 0) is 6.54 Å². The molecule has 5 heteroatoms. The molecule has 0 aliphatic carbocycles. The molecule has 1 aromatic heterocycles. The van der Waals surface area contributed by atoms with E-state index in [4.69, 9.17) is 0 Å². The van der Waals surface area contributed by atoms with E-state index in [9.17, 15) is 0 Å². The van der Waals surface area contributed by atoms with Crippen molar-refractivity contribution < 1.29 is 4.58 Å². The predicted octanol–water partition coefficient (Wildman–Crippen LogP) is 2.26. The van der Waals surface area contributed by atoms with Gasteiger partial charge in [0.15, 0.2) is 0 Å². The fourth-order valence-electron chi connectivity index (χ4n) is 2.46. The Labute approximate surface area is 112 Å². The lowest BCUT2D eigenvalue weighted by atomic mass is 10.1. The second-order valence-electron chi connectivity index (χ2n) is 4.50. The van der Waals surface area contributed by atoms with E-state index < -0.39 is 0 Å². The van der Waals surface area contributed by atoms with Crippen LogP contribution in [-0.4, -0.2) is 26.3 Å². The minimum atomic E-state index is 0.830. The quantitative estimate of drug-likeness (QED) is 0.687. The van der Waals surface area contributed by atoms with Gasteiger partial charge in [-0.05, 0) is 25.1 Å². The summed E-state index contributed by atoms with van der Waals surface area (Å²) in [5.74, 6) is 1.04. The van der Waals surface area contributed by atoms with Crippen molar-refractivity contribution in [3.8, 4) is 5.69 Å². The van der Waals surface area contributed by atoms with Crippen molar-refractivity contribution in [1.82, 2.24) is 9.55 Å². The highest BCUT2D eigenvalue weighted by molar-refractivity contribution is 9.10. The molecular weight excluding hydrogens is 292 g/mol. The zero-order valence-electron chi connectivity index (χ0n) is 9.76. The molecule has 0 N–H and O–H groups in total. The molecule has 0 atom stereocenters. The van der Waals surface area contributed by atoms with Crippen LogP contribution in [0.3, 0.4) is 0 Å². The van der Waals surface area contributed by atoms with Gasteiger partial charge in [-0.25, -0.2) is 9.56 Å². The number of aryl methyl sites for hydroxylation is 1. The molecule has 0 fully saturated rings. The van der Waals surface area contributed by atoms with Gasteiger partial charge >= 0.3 is 0 Å². The van der Waals surface area contributed by atoms with Crippen LogP contribution in [0.2, 0.25) is 0 Å². The van der Waals surface area contributed by atoms with Crippen molar-refractivity contribution in [1.29, 1.82) is 0 Å². The first-order valence-corrected chi connectivity index (χ1v) is 6.54. The topological polar surface area (TPSA) is 33.2 Å². The normalized spacial score (nSPS) is 15.7. The van der Waals surface area contributed by atoms with Gasteiger partial charge in [0.1, 0.15) is 6.54 Å². The molecule has 2 aliphatic rings. The highest BCUT2D eigenvalue weighted by atomic mass is 79.9. The molecule has 2 aliphatic heterocycles. The summed E-state index contributed by atoms with van der Waals surface area (Å²) in [6.07, 6.45) is 3.77. The van der Waals surface area contributed by atoms with Crippen LogP contribution >= 0.6 is 15.9 Å². The van der Waals surface area contributed by atoms with Gasteiger partial charge in [-0.2, -0.15) is 0 Å². The summed E-state index contributed by atoms with van der Waals surface area (Å²) in [5.41, 5.74) is 4.58. The van der Waals surface area contributed by atoms with Gasteiger partial charge < -0.3 is 0 Å². The highest BCUT2D eigenvalue weighted by Gasteiger charge is 2.29. The average Bonchev–Trinajstić information content (AvgIpc) is 2.62. The Morgan fingerprint density at radius 3 is 3.06 bits per heavy atom. The first-order chi connectivity index (χ1) is 8.74. The molecule has 0 bridgehead atoms.